The molecule has 0 radical (unpaired) electrons. The number of nitrogens with zero attached hydrogens (tertiary/aromatic N) is 4. The minimum Gasteiger partial charge on any atom is -0.348 e. The second-order valence-electron chi connectivity index (χ2n) is 9.84. The van der Waals surface area contributed by atoms with Crippen LogP contribution in [0.2, 0.25) is 0 Å². The number of aromatic nitrogens is 3. The molecule has 3 aromatic heterocycles. The first-order valence-electron chi connectivity index (χ1n) is 14.3. The van der Waals surface area contributed by atoms with Gasteiger partial charge in [0.1, 0.15) is 0 Å². The number of pyridine rings is 2. The molecule has 0 bridgehead atoms. The van der Waals surface area contributed by atoms with Crippen LogP contribution in [0.25, 0.3) is 0 Å². The third-order valence-corrected chi connectivity index (χ3v) is 7.85. The Bertz CT molecular complexity index is 1260. The lowest BCUT2D eigenvalue weighted by Gasteiger charge is -2.30. The Balaban J connectivity index is 0.000000547. The van der Waals surface area contributed by atoms with Crippen LogP contribution in [0, 0.1) is 13.8 Å². The zero-order valence-electron chi connectivity index (χ0n) is 24.6. The Morgan fingerprint density at radius 3 is 2.27 bits per heavy atom. The van der Waals surface area contributed by atoms with Gasteiger partial charge < -0.3 is 5.32 Å². The standard InChI is InChI=1S/C28H36N4O.C5H7NS/c1-5-7-11-26(25-10-8-9-17-30-25)32(6-2)20-24-14-12-23(13-15-24)19-31-28(33)27-21(3)16-18-29-22(27)4;1-2-5-6-3-4-7-5/h8-10,12-18,26H,5-7,11,19-20H2,1-4H3,(H,31,33);3-4H,2H2,1H3. The molecule has 1 N–H and O–H groups in total. The van der Waals surface area contributed by atoms with Gasteiger partial charge in [-0.2, -0.15) is 0 Å². The summed E-state index contributed by atoms with van der Waals surface area (Å²) in [5.74, 6) is -0.0755. The number of hydrogen-bond donors (Lipinski definition) is 1. The summed E-state index contributed by atoms with van der Waals surface area (Å²) in [7, 11) is 0. The molecule has 1 unspecified atom stereocenters. The highest BCUT2D eigenvalue weighted by Gasteiger charge is 2.20. The quantitative estimate of drug-likeness (QED) is 0.195. The van der Waals surface area contributed by atoms with E-state index < -0.39 is 0 Å². The third kappa shape index (κ3) is 9.35. The van der Waals surface area contributed by atoms with Gasteiger partial charge in [0.25, 0.3) is 5.91 Å². The number of unbranched alkanes of at least 4 members (excludes halogenated alkanes) is 1. The van der Waals surface area contributed by atoms with Crippen LogP contribution in [-0.2, 0) is 19.5 Å². The van der Waals surface area contributed by atoms with Gasteiger partial charge in [0.15, 0.2) is 0 Å². The largest absolute Gasteiger partial charge is 0.348 e. The van der Waals surface area contributed by atoms with Crippen LogP contribution in [0.3, 0.4) is 0 Å². The van der Waals surface area contributed by atoms with E-state index in [-0.39, 0.29) is 5.91 Å². The first kappa shape index (κ1) is 31.1. The summed E-state index contributed by atoms with van der Waals surface area (Å²) in [5.41, 5.74) is 5.87. The average molecular weight is 558 g/mol. The molecule has 40 heavy (non-hydrogen) atoms. The normalized spacial score (nSPS) is 11.6. The van der Waals surface area contributed by atoms with Crippen molar-refractivity contribution in [1.82, 2.24) is 25.2 Å². The van der Waals surface area contributed by atoms with Crippen molar-refractivity contribution in [3.8, 4) is 0 Å². The Labute approximate surface area is 243 Å². The number of rotatable bonds is 12. The van der Waals surface area contributed by atoms with Gasteiger partial charge in [-0.15, -0.1) is 11.3 Å². The van der Waals surface area contributed by atoms with E-state index in [0.717, 1.165) is 48.4 Å². The van der Waals surface area contributed by atoms with Gasteiger partial charge in [0.2, 0.25) is 0 Å². The lowest BCUT2D eigenvalue weighted by atomic mass is 10.0. The molecule has 7 heteroatoms. The Morgan fingerprint density at radius 1 is 0.925 bits per heavy atom. The maximum absolute atomic E-state index is 12.6. The van der Waals surface area contributed by atoms with Crippen LogP contribution in [-0.4, -0.2) is 32.3 Å². The molecule has 212 valence electrons. The van der Waals surface area contributed by atoms with Crippen molar-refractivity contribution in [3.63, 3.8) is 0 Å². The SMILES string of the molecule is CCCCC(c1ccccn1)N(CC)Cc1ccc(CNC(=O)c2c(C)ccnc2C)cc1.CCc1nccs1. The summed E-state index contributed by atoms with van der Waals surface area (Å²) in [6.45, 7) is 12.7. The molecule has 4 aromatic rings. The molecule has 0 saturated carbocycles. The highest BCUT2D eigenvalue weighted by atomic mass is 32.1. The fraction of sp³-hybridized carbons (Fsp3) is 0.394. The summed E-state index contributed by atoms with van der Waals surface area (Å²) in [6.07, 6.45) is 10.0. The van der Waals surface area contributed by atoms with Crippen molar-refractivity contribution in [1.29, 1.82) is 0 Å². The molecule has 1 aromatic carbocycles. The van der Waals surface area contributed by atoms with Crippen LogP contribution in [0.1, 0.15) is 89.5 Å². The Morgan fingerprint density at radius 2 is 1.70 bits per heavy atom. The number of benzene rings is 1. The maximum atomic E-state index is 12.6. The van der Waals surface area contributed by atoms with Gasteiger partial charge in [-0.05, 0) is 68.1 Å². The summed E-state index contributed by atoms with van der Waals surface area (Å²) in [4.78, 5) is 28.1. The number of carbonyl (C=O) groups is 1. The van der Waals surface area contributed by atoms with Gasteiger partial charge in [-0.25, -0.2) is 4.98 Å². The van der Waals surface area contributed by atoms with Gasteiger partial charge in [0.05, 0.1) is 28.0 Å². The van der Waals surface area contributed by atoms with Crippen molar-refractivity contribution < 1.29 is 4.79 Å². The summed E-state index contributed by atoms with van der Waals surface area (Å²) in [6, 6.07) is 16.9. The van der Waals surface area contributed by atoms with Gasteiger partial charge in [-0.1, -0.05) is 63.9 Å². The summed E-state index contributed by atoms with van der Waals surface area (Å²) < 4.78 is 0. The molecule has 3 heterocycles. The number of carbonyl (C=O) groups excluding carboxylic acids is 1. The third-order valence-electron chi connectivity index (χ3n) is 6.93. The molecule has 4 rings (SSSR count). The predicted octanol–water partition coefficient (Wildman–Crippen LogP) is 7.48. The minimum atomic E-state index is -0.0755. The van der Waals surface area contributed by atoms with Gasteiger partial charge in [0, 0.05) is 37.1 Å². The molecule has 1 atom stereocenters. The van der Waals surface area contributed by atoms with E-state index >= 15 is 0 Å². The smallest absolute Gasteiger partial charge is 0.253 e. The maximum Gasteiger partial charge on any atom is 0.253 e. The van der Waals surface area contributed by atoms with E-state index in [9.17, 15) is 4.79 Å². The Kier molecular flexibility index (Phi) is 12.9. The van der Waals surface area contributed by atoms with Crippen LogP contribution < -0.4 is 5.32 Å². The van der Waals surface area contributed by atoms with Crippen molar-refractivity contribution in [2.75, 3.05) is 6.54 Å². The van der Waals surface area contributed by atoms with E-state index in [4.69, 9.17) is 0 Å². The molecular weight excluding hydrogens is 514 g/mol. The zero-order valence-corrected chi connectivity index (χ0v) is 25.4. The highest BCUT2D eigenvalue weighted by Crippen LogP contribution is 2.26. The first-order valence-corrected chi connectivity index (χ1v) is 15.2. The fourth-order valence-corrected chi connectivity index (χ4v) is 5.23. The lowest BCUT2D eigenvalue weighted by Crippen LogP contribution is -2.29. The fourth-order valence-electron chi connectivity index (χ4n) is 4.66. The molecule has 0 aliphatic heterocycles. The number of amides is 1. The molecule has 0 fully saturated rings. The monoisotopic (exact) mass is 557 g/mol. The van der Waals surface area contributed by atoms with Gasteiger partial charge >= 0.3 is 0 Å². The zero-order chi connectivity index (χ0) is 28.7. The molecule has 0 aliphatic carbocycles. The molecule has 0 aliphatic rings. The van der Waals surface area contributed by atoms with E-state index in [1.165, 1.54) is 23.4 Å². The molecule has 1 amide bonds. The molecular formula is C33H43N5OS. The number of nitrogens with one attached hydrogen (secondary N) is 1. The number of hydrogen-bond acceptors (Lipinski definition) is 6. The molecule has 0 spiro atoms. The molecule has 6 nitrogen and oxygen atoms in total. The summed E-state index contributed by atoms with van der Waals surface area (Å²) >= 11 is 1.71. The van der Waals surface area contributed by atoms with Crippen molar-refractivity contribution >= 4 is 17.2 Å². The van der Waals surface area contributed by atoms with Crippen LogP contribution in [0.4, 0.5) is 0 Å². The van der Waals surface area contributed by atoms with Crippen molar-refractivity contribution in [2.24, 2.45) is 0 Å². The lowest BCUT2D eigenvalue weighted by molar-refractivity contribution is 0.0949. The topological polar surface area (TPSA) is 71.0 Å². The van der Waals surface area contributed by atoms with Crippen molar-refractivity contribution in [3.05, 3.63) is 111 Å². The second-order valence-corrected chi connectivity index (χ2v) is 10.8. The van der Waals surface area contributed by atoms with Crippen LogP contribution in [0.15, 0.2) is 72.5 Å². The predicted molar refractivity (Wildman–Crippen MR) is 165 cm³/mol. The van der Waals surface area contributed by atoms with Crippen LogP contribution >= 0.6 is 11.3 Å². The molecule has 0 saturated heterocycles. The minimum absolute atomic E-state index is 0.0755. The van der Waals surface area contributed by atoms with E-state index in [1.54, 1.807) is 17.5 Å². The highest BCUT2D eigenvalue weighted by molar-refractivity contribution is 7.09. The van der Waals surface area contributed by atoms with E-state index in [2.05, 4.69) is 82.3 Å². The average Bonchev–Trinajstić information content (AvgIpc) is 3.51. The van der Waals surface area contributed by atoms with Crippen LogP contribution in [0.5, 0.6) is 0 Å². The second kappa shape index (κ2) is 16.6. The Hall–Kier alpha value is -3.42. The first-order chi connectivity index (χ1) is 19.5. The number of thiazole rings is 1. The number of aryl methyl sites for hydroxylation is 3. The summed E-state index contributed by atoms with van der Waals surface area (Å²) in [5, 5.41) is 6.25. The van der Waals surface area contributed by atoms with Crippen molar-refractivity contribution in [2.45, 2.75) is 79.4 Å². The van der Waals surface area contributed by atoms with E-state index in [1.807, 2.05) is 43.8 Å². The van der Waals surface area contributed by atoms with Gasteiger partial charge in [-0.3, -0.25) is 19.7 Å². The van der Waals surface area contributed by atoms with E-state index in [0.29, 0.717) is 18.2 Å².